The van der Waals surface area contributed by atoms with Crippen molar-refractivity contribution >= 4 is 5.91 Å². The second-order valence-corrected chi connectivity index (χ2v) is 6.10. The number of hydrogen-bond acceptors (Lipinski definition) is 2. The average molecular weight is 276 g/mol. The first kappa shape index (κ1) is 16.7. The minimum atomic E-state index is 0.00942. The van der Waals surface area contributed by atoms with Crippen LogP contribution in [0.25, 0.3) is 0 Å². The molecule has 0 atom stereocenters. The fourth-order valence-corrected chi connectivity index (χ4v) is 2.59. The van der Waals surface area contributed by atoms with Crippen LogP contribution in [0.1, 0.15) is 43.6 Å². The van der Waals surface area contributed by atoms with Gasteiger partial charge in [-0.25, -0.2) is 0 Å². The number of nitrogens with one attached hydrogen (secondary N) is 1. The zero-order valence-corrected chi connectivity index (χ0v) is 13.1. The van der Waals surface area contributed by atoms with Gasteiger partial charge in [-0.3, -0.25) is 4.79 Å². The highest BCUT2D eigenvalue weighted by Gasteiger charge is 2.18. The van der Waals surface area contributed by atoms with E-state index in [1.165, 1.54) is 0 Å². The second-order valence-electron chi connectivity index (χ2n) is 6.10. The molecule has 1 aromatic rings. The van der Waals surface area contributed by atoms with Crippen LogP contribution in [0, 0.1) is 17.8 Å². The van der Waals surface area contributed by atoms with Crippen LogP contribution in [-0.4, -0.2) is 19.0 Å². The number of carbonyl (C=O) groups is 1. The summed E-state index contributed by atoms with van der Waals surface area (Å²) in [5.74, 6) is 1.65. The maximum Gasteiger partial charge on any atom is 0.251 e. The number of benzene rings is 1. The summed E-state index contributed by atoms with van der Waals surface area (Å²) in [6.45, 7) is 10.2. The van der Waals surface area contributed by atoms with E-state index in [-0.39, 0.29) is 5.91 Å². The number of amides is 1. The molecule has 112 valence electrons. The SMILES string of the molecule is CC(C)C(CNC(=O)c1cccc(CCN)c1)C(C)C. The van der Waals surface area contributed by atoms with E-state index in [4.69, 9.17) is 5.73 Å². The predicted octanol–water partition coefficient (Wildman–Crippen LogP) is 2.85. The van der Waals surface area contributed by atoms with Gasteiger partial charge in [0.1, 0.15) is 0 Å². The van der Waals surface area contributed by atoms with E-state index in [1.807, 2.05) is 24.3 Å². The Bertz CT molecular complexity index is 419. The molecule has 3 heteroatoms. The smallest absolute Gasteiger partial charge is 0.251 e. The predicted molar refractivity (Wildman–Crippen MR) is 84.7 cm³/mol. The first-order chi connectivity index (χ1) is 9.45. The fraction of sp³-hybridized carbons (Fsp3) is 0.588. The molecule has 20 heavy (non-hydrogen) atoms. The van der Waals surface area contributed by atoms with Crippen LogP contribution in [0.4, 0.5) is 0 Å². The molecule has 0 radical (unpaired) electrons. The van der Waals surface area contributed by atoms with Gasteiger partial charge in [0.25, 0.3) is 5.91 Å². The van der Waals surface area contributed by atoms with E-state index in [2.05, 4.69) is 33.0 Å². The molecule has 1 aromatic carbocycles. The molecule has 0 unspecified atom stereocenters. The third-order valence-corrected chi connectivity index (χ3v) is 3.83. The normalized spacial score (nSPS) is 11.4. The molecule has 0 bridgehead atoms. The van der Waals surface area contributed by atoms with E-state index >= 15 is 0 Å². The maximum absolute atomic E-state index is 12.2. The molecule has 3 nitrogen and oxygen atoms in total. The highest BCUT2D eigenvalue weighted by Crippen LogP contribution is 2.19. The molecule has 0 aliphatic rings. The minimum Gasteiger partial charge on any atom is -0.352 e. The molecular weight excluding hydrogens is 248 g/mol. The van der Waals surface area contributed by atoms with Crippen LogP contribution < -0.4 is 11.1 Å². The van der Waals surface area contributed by atoms with E-state index in [0.717, 1.165) is 24.1 Å². The van der Waals surface area contributed by atoms with Gasteiger partial charge in [0.2, 0.25) is 0 Å². The van der Waals surface area contributed by atoms with Crippen molar-refractivity contribution < 1.29 is 4.79 Å². The summed E-state index contributed by atoms with van der Waals surface area (Å²) in [7, 11) is 0. The summed E-state index contributed by atoms with van der Waals surface area (Å²) in [4.78, 5) is 12.2. The van der Waals surface area contributed by atoms with Crippen LogP contribution in [0.5, 0.6) is 0 Å². The standard InChI is InChI=1S/C17H28N2O/c1-12(2)16(13(3)4)11-19-17(20)15-7-5-6-14(10-15)8-9-18/h5-7,10,12-13,16H,8-9,11,18H2,1-4H3,(H,19,20). The topological polar surface area (TPSA) is 55.1 Å². The molecule has 0 saturated heterocycles. The summed E-state index contributed by atoms with van der Waals surface area (Å²) in [6.07, 6.45) is 0.807. The molecular formula is C17H28N2O. The largest absolute Gasteiger partial charge is 0.352 e. The van der Waals surface area contributed by atoms with Crippen molar-refractivity contribution in [1.82, 2.24) is 5.32 Å². The van der Waals surface area contributed by atoms with Crippen molar-refractivity contribution in [1.29, 1.82) is 0 Å². The quantitative estimate of drug-likeness (QED) is 0.804. The van der Waals surface area contributed by atoms with Crippen molar-refractivity contribution in [3.8, 4) is 0 Å². The van der Waals surface area contributed by atoms with Gasteiger partial charge < -0.3 is 11.1 Å². The van der Waals surface area contributed by atoms with Gasteiger partial charge in [-0.1, -0.05) is 39.8 Å². The number of hydrogen-bond donors (Lipinski definition) is 2. The lowest BCUT2D eigenvalue weighted by atomic mass is 9.85. The van der Waals surface area contributed by atoms with Crippen LogP contribution >= 0.6 is 0 Å². The van der Waals surface area contributed by atoms with Gasteiger partial charge in [-0.2, -0.15) is 0 Å². The average Bonchev–Trinajstić information content (AvgIpc) is 2.38. The number of carbonyl (C=O) groups excluding carboxylic acids is 1. The highest BCUT2D eigenvalue weighted by molar-refractivity contribution is 5.94. The maximum atomic E-state index is 12.2. The third kappa shape index (κ3) is 4.97. The van der Waals surface area contributed by atoms with Crippen LogP contribution in [0.3, 0.4) is 0 Å². The van der Waals surface area contributed by atoms with Crippen molar-refractivity contribution in [3.05, 3.63) is 35.4 Å². The fourth-order valence-electron chi connectivity index (χ4n) is 2.59. The Balaban J connectivity index is 2.64. The van der Waals surface area contributed by atoms with Gasteiger partial charge in [-0.05, 0) is 48.4 Å². The molecule has 0 saturated carbocycles. The van der Waals surface area contributed by atoms with Crippen molar-refractivity contribution in [3.63, 3.8) is 0 Å². The molecule has 0 heterocycles. The monoisotopic (exact) mass is 276 g/mol. The van der Waals surface area contributed by atoms with E-state index in [9.17, 15) is 4.79 Å². The lowest BCUT2D eigenvalue weighted by molar-refractivity contribution is 0.0937. The summed E-state index contributed by atoms with van der Waals surface area (Å²) in [6, 6.07) is 7.72. The molecule has 0 aliphatic carbocycles. The lowest BCUT2D eigenvalue weighted by Gasteiger charge is -2.25. The van der Waals surface area contributed by atoms with E-state index in [1.54, 1.807) is 0 Å². The van der Waals surface area contributed by atoms with Gasteiger partial charge in [-0.15, -0.1) is 0 Å². The summed E-state index contributed by atoms with van der Waals surface area (Å²) in [5.41, 5.74) is 7.39. The Morgan fingerprint density at radius 3 is 2.40 bits per heavy atom. The first-order valence-electron chi connectivity index (χ1n) is 7.53. The van der Waals surface area contributed by atoms with Crippen molar-refractivity contribution in [2.45, 2.75) is 34.1 Å². The zero-order chi connectivity index (χ0) is 15.1. The minimum absolute atomic E-state index is 0.00942. The molecule has 0 fully saturated rings. The summed E-state index contributed by atoms with van der Waals surface area (Å²) in [5, 5.41) is 3.06. The van der Waals surface area contributed by atoms with Gasteiger partial charge in [0, 0.05) is 12.1 Å². The van der Waals surface area contributed by atoms with Crippen LogP contribution in [0.2, 0.25) is 0 Å². The molecule has 0 spiro atoms. The lowest BCUT2D eigenvalue weighted by Crippen LogP contribution is -2.34. The molecule has 0 aliphatic heterocycles. The number of rotatable bonds is 7. The molecule has 1 rings (SSSR count). The summed E-state index contributed by atoms with van der Waals surface area (Å²) >= 11 is 0. The van der Waals surface area contributed by atoms with Gasteiger partial charge in [0.15, 0.2) is 0 Å². The van der Waals surface area contributed by atoms with E-state index < -0.39 is 0 Å². The Hall–Kier alpha value is -1.35. The molecule has 3 N–H and O–H groups in total. The van der Waals surface area contributed by atoms with Gasteiger partial charge in [0.05, 0.1) is 0 Å². The Kier molecular flexibility index (Phi) is 6.73. The van der Waals surface area contributed by atoms with Crippen LogP contribution in [-0.2, 0) is 6.42 Å². The Morgan fingerprint density at radius 1 is 1.20 bits per heavy atom. The summed E-state index contributed by atoms with van der Waals surface area (Å²) < 4.78 is 0. The number of nitrogens with two attached hydrogens (primary N) is 1. The Labute approximate surface area is 122 Å². The van der Waals surface area contributed by atoms with Gasteiger partial charge >= 0.3 is 0 Å². The highest BCUT2D eigenvalue weighted by atomic mass is 16.1. The Morgan fingerprint density at radius 2 is 1.85 bits per heavy atom. The zero-order valence-electron chi connectivity index (χ0n) is 13.1. The first-order valence-corrected chi connectivity index (χ1v) is 7.53. The third-order valence-electron chi connectivity index (χ3n) is 3.83. The van der Waals surface area contributed by atoms with Crippen LogP contribution in [0.15, 0.2) is 24.3 Å². The van der Waals surface area contributed by atoms with Crippen molar-refractivity contribution in [2.75, 3.05) is 13.1 Å². The van der Waals surface area contributed by atoms with Crippen molar-refractivity contribution in [2.24, 2.45) is 23.5 Å². The molecule has 1 amide bonds. The second kappa shape index (κ2) is 8.05. The van der Waals surface area contributed by atoms with E-state index in [0.29, 0.717) is 24.3 Å². The molecule has 0 aromatic heterocycles.